The number of rotatable bonds is 1. The van der Waals surface area contributed by atoms with Crippen LogP contribution in [0, 0.1) is 6.92 Å². The van der Waals surface area contributed by atoms with Crippen LogP contribution in [0.3, 0.4) is 0 Å². The van der Waals surface area contributed by atoms with Gasteiger partial charge in [-0.25, -0.2) is 0 Å². The fourth-order valence-electron chi connectivity index (χ4n) is 1.05. The molecule has 11 heavy (non-hydrogen) atoms. The topological polar surface area (TPSA) is 20.2 Å². The standard InChI is InChI=1S/C10H13O/c1-10(2,3)8-6-4-5-7-9(8)11/h4-7,11H,1H2,2-3H3. The molecule has 59 valence electrons. The van der Waals surface area contributed by atoms with Gasteiger partial charge in [0.1, 0.15) is 5.75 Å². The first-order valence-electron chi connectivity index (χ1n) is 3.65. The van der Waals surface area contributed by atoms with Gasteiger partial charge < -0.3 is 5.11 Å². The number of benzene rings is 1. The molecule has 0 bridgehead atoms. The first-order chi connectivity index (χ1) is 5.02. The molecule has 0 heterocycles. The Hall–Kier alpha value is -0.980. The molecule has 1 rings (SSSR count). The minimum Gasteiger partial charge on any atom is -0.508 e. The zero-order chi connectivity index (χ0) is 8.48. The zero-order valence-electron chi connectivity index (χ0n) is 6.96. The molecule has 0 aliphatic carbocycles. The predicted molar refractivity (Wildman–Crippen MR) is 46.5 cm³/mol. The van der Waals surface area contributed by atoms with E-state index in [4.69, 9.17) is 0 Å². The predicted octanol–water partition coefficient (Wildman–Crippen LogP) is 2.50. The number of phenols is 1. The third-order valence-electron chi connectivity index (χ3n) is 1.63. The smallest absolute Gasteiger partial charge is 0.119 e. The first kappa shape index (κ1) is 8.12. The molecule has 0 aromatic heterocycles. The number of hydrogen-bond acceptors (Lipinski definition) is 1. The summed E-state index contributed by atoms with van der Waals surface area (Å²) in [5, 5.41) is 9.41. The largest absolute Gasteiger partial charge is 0.508 e. The third kappa shape index (κ3) is 1.73. The molecule has 0 atom stereocenters. The summed E-state index contributed by atoms with van der Waals surface area (Å²) in [6.07, 6.45) is 0. The molecule has 1 nitrogen and oxygen atoms in total. The molecule has 0 aliphatic heterocycles. The average molecular weight is 149 g/mol. The van der Waals surface area contributed by atoms with E-state index in [2.05, 4.69) is 6.92 Å². The molecule has 1 radical (unpaired) electrons. The van der Waals surface area contributed by atoms with Crippen LogP contribution in [0.5, 0.6) is 5.75 Å². The maximum atomic E-state index is 9.41. The number of phenolic OH excluding ortho intramolecular Hbond substituents is 1. The van der Waals surface area contributed by atoms with E-state index in [0.717, 1.165) is 5.56 Å². The molecule has 0 unspecified atom stereocenters. The van der Waals surface area contributed by atoms with E-state index in [9.17, 15) is 5.11 Å². The fraction of sp³-hybridized carbons (Fsp3) is 0.300. The van der Waals surface area contributed by atoms with Gasteiger partial charge in [-0.2, -0.15) is 0 Å². The van der Waals surface area contributed by atoms with E-state index in [1.807, 2.05) is 32.0 Å². The van der Waals surface area contributed by atoms with Gasteiger partial charge in [0.25, 0.3) is 0 Å². The van der Waals surface area contributed by atoms with Crippen molar-refractivity contribution in [3.8, 4) is 5.75 Å². The van der Waals surface area contributed by atoms with Gasteiger partial charge in [-0.05, 0) is 24.0 Å². The monoisotopic (exact) mass is 149 g/mol. The van der Waals surface area contributed by atoms with Crippen molar-refractivity contribution in [1.82, 2.24) is 0 Å². The Morgan fingerprint density at radius 2 is 1.82 bits per heavy atom. The molecule has 1 N–H and O–H groups in total. The second kappa shape index (κ2) is 2.57. The Kier molecular flexibility index (Phi) is 1.90. The lowest BCUT2D eigenvalue weighted by molar-refractivity contribution is 0.455. The van der Waals surface area contributed by atoms with E-state index in [1.165, 1.54) is 0 Å². The normalized spacial score (nSPS) is 11.5. The highest BCUT2D eigenvalue weighted by Crippen LogP contribution is 2.29. The van der Waals surface area contributed by atoms with E-state index in [-0.39, 0.29) is 5.41 Å². The highest BCUT2D eigenvalue weighted by molar-refractivity contribution is 5.38. The molecule has 0 saturated heterocycles. The Balaban J connectivity index is 3.14. The van der Waals surface area contributed by atoms with Crippen molar-refractivity contribution < 1.29 is 5.11 Å². The van der Waals surface area contributed by atoms with Crippen LogP contribution in [0.2, 0.25) is 0 Å². The maximum absolute atomic E-state index is 9.41. The lowest BCUT2D eigenvalue weighted by Gasteiger charge is -2.19. The maximum Gasteiger partial charge on any atom is 0.119 e. The minimum absolute atomic E-state index is 0.217. The van der Waals surface area contributed by atoms with Gasteiger partial charge in [0.2, 0.25) is 0 Å². The molecule has 0 aliphatic rings. The molecular formula is C10H13O. The Morgan fingerprint density at radius 3 is 2.18 bits per heavy atom. The molecule has 1 aromatic rings. The number of aromatic hydroxyl groups is 1. The van der Waals surface area contributed by atoms with Crippen molar-refractivity contribution in [3.05, 3.63) is 36.8 Å². The van der Waals surface area contributed by atoms with E-state index in [1.54, 1.807) is 6.07 Å². The molecule has 0 spiro atoms. The lowest BCUT2D eigenvalue weighted by Crippen LogP contribution is -2.11. The van der Waals surface area contributed by atoms with Gasteiger partial charge in [0.05, 0.1) is 0 Å². The van der Waals surface area contributed by atoms with Crippen LogP contribution in [-0.2, 0) is 5.41 Å². The summed E-state index contributed by atoms with van der Waals surface area (Å²) < 4.78 is 0. The second-order valence-electron chi connectivity index (χ2n) is 3.40. The number of para-hydroxylation sites is 1. The third-order valence-corrected chi connectivity index (χ3v) is 1.63. The van der Waals surface area contributed by atoms with Crippen molar-refractivity contribution >= 4 is 0 Å². The van der Waals surface area contributed by atoms with Gasteiger partial charge in [-0.15, -0.1) is 0 Å². The molecule has 0 amide bonds. The van der Waals surface area contributed by atoms with Crippen LogP contribution in [0.4, 0.5) is 0 Å². The van der Waals surface area contributed by atoms with E-state index < -0.39 is 0 Å². The van der Waals surface area contributed by atoms with E-state index in [0.29, 0.717) is 5.75 Å². The van der Waals surface area contributed by atoms with Crippen molar-refractivity contribution in [3.63, 3.8) is 0 Å². The highest BCUT2D eigenvalue weighted by Gasteiger charge is 2.16. The van der Waals surface area contributed by atoms with Crippen LogP contribution in [0.1, 0.15) is 19.4 Å². The first-order valence-corrected chi connectivity index (χ1v) is 3.65. The van der Waals surface area contributed by atoms with Gasteiger partial charge in [-0.3, -0.25) is 0 Å². The Bertz CT molecular complexity index is 245. The Labute approximate surface area is 67.7 Å². The van der Waals surface area contributed by atoms with Crippen molar-refractivity contribution in [2.24, 2.45) is 0 Å². The van der Waals surface area contributed by atoms with Gasteiger partial charge >= 0.3 is 0 Å². The lowest BCUT2D eigenvalue weighted by atomic mass is 9.86. The highest BCUT2D eigenvalue weighted by atomic mass is 16.3. The number of hydrogen-bond donors (Lipinski definition) is 1. The summed E-state index contributed by atoms with van der Waals surface area (Å²) in [4.78, 5) is 0. The van der Waals surface area contributed by atoms with E-state index >= 15 is 0 Å². The summed E-state index contributed by atoms with van der Waals surface area (Å²) >= 11 is 0. The fourth-order valence-corrected chi connectivity index (χ4v) is 1.05. The SMILES string of the molecule is [CH2]C(C)(C)c1ccccc1O. The quantitative estimate of drug-likeness (QED) is 0.650. The molecule has 1 aromatic carbocycles. The van der Waals surface area contributed by atoms with Crippen LogP contribution in [0.25, 0.3) is 0 Å². The summed E-state index contributed by atoms with van der Waals surface area (Å²) in [6.45, 7) is 7.89. The summed E-state index contributed by atoms with van der Waals surface area (Å²) in [5.41, 5.74) is 0.672. The van der Waals surface area contributed by atoms with Crippen molar-refractivity contribution in [2.75, 3.05) is 0 Å². The van der Waals surface area contributed by atoms with Crippen LogP contribution >= 0.6 is 0 Å². The van der Waals surface area contributed by atoms with Gasteiger partial charge in [0, 0.05) is 0 Å². The summed E-state index contributed by atoms with van der Waals surface area (Å²) in [6, 6.07) is 7.29. The van der Waals surface area contributed by atoms with Crippen molar-refractivity contribution in [1.29, 1.82) is 0 Å². The summed E-state index contributed by atoms with van der Waals surface area (Å²) in [5.74, 6) is 0.326. The minimum atomic E-state index is -0.217. The van der Waals surface area contributed by atoms with Gasteiger partial charge in [0.15, 0.2) is 0 Å². The average Bonchev–Trinajstić information content (AvgIpc) is 1.86. The molecule has 1 heteroatoms. The zero-order valence-corrected chi connectivity index (χ0v) is 6.96. The molecule has 0 fully saturated rings. The molecule has 0 saturated carbocycles. The molecular weight excluding hydrogens is 136 g/mol. The Morgan fingerprint density at radius 1 is 1.27 bits per heavy atom. The van der Waals surface area contributed by atoms with Crippen LogP contribution in [-0.4, -0.2) is 5.11 Å². The van der Waals surface area contributed by atoms with Crippen LogP contribution < -0.4 is 0 Å². The van der Waals surface area contributed by atoms with Gasteiger partial charge in [-0.1, -0.05) is 32.0 Å². The second-order valence-corrected chi connectivity index (χ2v) is 3.40. The van der Waals surface area contributed by atoms with Crippen LogP contribution in [0.15, 0.2) is 24.3 Å². The summed E-state index contributed by atoms with van der Waals surface area (Å²) in [7, 11) is 0. The van der Waals surface area contributed by atoms with Crippen molar-refractivity contribution in [2.45, 2.75) is 19.3 Å².